The Bertz CT molecular complexity index is 663. The molecule has 4 rings (SSSR count). The quantitative estimate of drug-likeness (QED) is 0.830. The lowest BCUT2D eigenvalue weighted by Crippen LogP contribution is -2.49. The van der Waals surface area contributed by atoms with Gasteiger partial charge in [0.05, 0.1) is 5.92 Å². The lowest BCUT2D eigenvalue weighted by atomic mass is 9.89. The summed E-state index contributed by atoms with van der Waals surface area (Å²) in [4.78, 5) is 28.9. The van der Waals surface area contributed by atoms with Crippen LogP contribution in [-0.2, 0) is 16.0 Å². The highest BCUT2D eigenvalue weighted by atomic mass is 19.1. The Labute approximate surface area is 154 Å². The monoisotopic (exact) mass is 358 g/mol. The van der Waals surface area contributed by atoms with Crippen LogP contribution in [0.25, 0.3) is 0 Å². The van der Waals surface area contributed by atoms with Gasteiger partial charge in [0.15, 0.2) is 0 Å². The van der Waals surface area contributed by atoms with E-state index in [1.54, 1.807) is 0 Å². The van der Waals surface area contributed by atoms with Crippen molar-refractivity contribution in [3.8, 4) is 0 Å². The number of carbonyl (C=O) groups excluding carboxylic acids is 2. The van der Waals surface area contributed by atoms with Crippen LogP contribution >= 0.6 is 0 Å². The summed E-state index contributed by atoms with van der Waals surface area (Å²) in [7, 11) is 0. The first kappa shape index (κ1) is 17.5. The molecule has 0 N–H and O–H groups in total. The number of hydrogen-bond acceptors (Lipinski definition) is 2. The van der Waals surface area contributed by atoms with Gasteiger partial charge < -0.3 is 9.80 Å². The molecule has 3 aliphatic rings. The van der Waals surface area contributed by atoms with Crippen LogP contribution in [-0.4, -0.2) is 47.3 Å². The van der Waals surface area contributed by atoms with Crippen molar-refractivity contribution in [2.45, 2.75) is 51.0 Å². The fourth-order valence-corrected chi connectivity index (χ4v) is 4.38. The summed E-state index contributed by atoms with van der Waals surface area (Å²) < 4.78 is 13.0. The highest BCUT2D eigenvalue weighted by Crippen LogP contribution is 2.33. The van der Waals surface area contributed by atoms with Gasteiger partial charge in [0.1, 0.15) is 5.82 Å². The van der Waals surface area contributed by atoms with E-state index in [-0.39, 0.29) is 23.5 Å². The van der Waals surface area contributed by atoms with Crippen molar-refractivity contribution >= 4 is 11.8 Å². The SMILES string of the molecule is O=C([C@@H]1CCC(=O)N(C2CC2)C1)N1CCC(Cc2ccc(F)cc2)CC1. The van der Waals surface area contributed by atoms with Crippen LogP contribution in [0.5, 0.6) is 0 Å². The zero-order valence-corrected chi connectivity index (χ0v) is 15.2. The molecule has 3 fully saturated rings. The van der Waals surface area contributed by atoms with Crippen molar-refractivity contribution in [3.63, 3.8) is 0 Å². The first-order valence-electron chi connectivity index (χ1n) is 9.93. The van der Waals surface area contributed by atoms with E-state index in [4.69, 9.17) is 0 Å². The summed E-state index contributed by atoms with van der Waals surface area (Å²) in [6.45, 7) is 2.23. The maximum atomic E-state index is 13.0. The lowest BCUT2D eigenvalue weighted by Gasteiger charge is -2.38. The molecule has 2 heterocycles. The van der Waals surface area contributed by atoms with Gasteiger partial charge in [-0.2, -0.15) is 0 Å². The smallest absolute Gasteiger partial charge is 0.227 e. The van der Waals surface area contributed by atoms with E-state index >= 15 is 0 Å². The molecule has 4 nitrogen and oxygen atoms in total. The molecule has 0 radical (unpaired) electrons. The van der Waals surface area contributed by atoms with Crippen LogP contribution in [0, 0.1) is 17.7 Å². The molecule has 1 aromatic carbocycles. The molecule has 5 heteroatoms. The van der Waals surface area contributed by atoms with Crippen molar-refractivity contribution in [2.24, 2.45) is 11.8 Å². The highest BCUT2D eigenvalue weighted by molar-refractivity contribution is 5.84. The van der Waals surface area contributed by atoms with Crippen LogP contribution in [0.3, 0.4) is 0 Å². The van der Waals surface area contributed by atoms with E-state index in [0.717, 1.165) is 45.2 Å². The molecule has 0 aromatic heterocycles. The van der Waals surface area contributed by atoms with Crippen molar-refractivity contribution in [1.82, 2.24) is 9.80 Å². The van der Waals surface area contributed by atoms with E-state index in [9.17, 15) is 14.0 Å². The topological polar surface area (TPSA) is 40.6 Å². The molecule has 2 amide bonds. The van der Waals surface area contributed by atoms with Crippen molar-refractivity contribution in [2.75, 3.05) is 19.6 Å². The largest absolute Gasteiger partial charge is 0.342 e. The molecular formula is C21H27FN2O2. The second kappa shape index (κ2) is 7.37. The molecule has 2 aliphatic heterocycles. The Morgan fingerprint density at radius 2 is 1.73 bits per heavy atom. The summed E-state index contributed by atoms with van der Waals surface area (Å²) >= 11 is 0. The van der Waals surface area contributed by atoms with Gasteiger partial charge >= 0.3 is 0 Å². The van der Waals surface area contributed by atoms with Gasteiger partial charge in [0, 0.05) is 32.1 Å². The van der Waals surface area contributed by atoms with Gasteiger partial charge in [-0.05, 0) is 62.1 Å². The minimum absolute atomic E-state index is 0.0121. The fraction of sp³-hybridized carbons (Fsp3) is 0.619. The molecule has 0 unspecified atom stereocenters. The van der Waals surface area contributed by atoms with Crippen molar-refractivity contribution in [3.05, 3.63) is 35.6 Å². The van der Waals surface area contributed by atoms with Crippen LogP contribution in [0.2, 0.25) is 0 Å². The zero-order valence-electron chi connectivity index (χ0n) is 15.2. The van der Waals surface area contributed by atoms with Crippen LogP contribution in [0.15, 0.2) is 24.3 Å². The predicted molar refractivity (Wildman–Crippen MR) is 96.9 cm³/mol. The maximum absolute atomic E-state index is 13.0. The number of benzene rings is 1. The summed E-state index contributed by atoms with van der Waals surface area (Å²) in [5.74, 6) is 0.820. The minimum Gasteiger partial charge on any atom is -0.342 e. The predicted octanol–water partition coefficient (Wildman–Crippen LogP) is 3.01. The molecule has 1 aliphatic carbocycles. The lowest BCUT2D eigenvalue weighted by molar-refractivity contribution is -0.144. The first-order valence-corrected chi connectivity index (χ1v) is 9.93. The first-order chi connectivity index (χ1) is 12.6. The number of carbonyl (C=O) groups is 2. The third kappa shape index (κ3) is 3.92. The normalized spacial score (nSPS) is 24.8. The number of amides is 2. The number of nitrogens with zero attached hydrogens (tertiary/aromatic N) is 2. The molecule has 1 aromatic rings. The Balaban J connectivity index is 1.28. The van der Waals surface area contributed by atoms with E-state index in [0.29, 0.717) is 31.3 Å². The number of likely N-dealkylation sites (tertiary alicyclic amines) is 2. The summed E-state index contributed by atoms with van der Waals surface area (Å²) in [5.41, 5.74) is 1.17. The highest BCUT2D eigenvalue weighted by Gasteiger charge is 2.40. The van der Waals surface area contributed by atoms with Gasteiger partial charge in [-0.1, -0.05) is 12.1 Å². The Kier molecular flexibility index (Phi) is 4.96. The number of piperidine rings is 2. The van der Waals surface area contributed by atoms with Crippen LogP contribution < -0.4 is 0 Å². The molecule has 1 saturated carbocycles. The summed E-state index contributed by atoms with van der Waals surface area (Å²) in [6.07, 6.45) is 6.38. The van der Waals surface area contributed by atoms with Crippen LogP contribution in [0.1, 0.15) is 44.1 Å². The van der Waals surface area contributed by atoms with Crippen molar-refractivity contribution < 1.29 is 14.0 Å². The third-order valence-electron chi connectivity index (χ3n) is 6.14. The molecule has 140 valence electrons. The number of hydrogen-bond donors (Lipinski definition) is 0. The van der Waals surface area contributed by atoms with Crippen LogP contribution in [0.4, 0.5) is 4.39 Å². The fourth-order valence-electron chi connectivity index (χ4n) is 4.38. The number of halogens is 1. The zero-order chi connectivity index (χ0) is 18.1. The standard InChI is InChI=1S/C21H27FN2O2/c22-18-4-1-15(2-5-18)13-16-9-11-23(12-10-16)21(26)17-3-8-20(25)24(14-17)19-6-7-19/h1-2,4-5,16-17,19H,3,6-14H2/t17-/m1/s1. The maximum Gasteiger partial charge on any atom is 0.227 e. The average molecular weight is 358 g/mol. The second-order valence-electron chi connectivity index (χ2n) is 8.11. The molecule has 0 spiro atoms. The summed E-state index contributed by atoms with van der Waals surface area (Å²) in [6, 6.07) is 7.16. The molecule has 0 bridgehead atoms. The molecule has 2 saturated heterocycles. The van der Waals surface area contributed by atoms with Gasteiger partial charge in [-0.25, -0.2) is 4.39 Å². The number of rotatable bonds is 4. The van der Waals surface area contributed by atoms with E-state index in [1.807, 2.05) is 21.9 Å². The molecule has 1 atom stereocenters. The summed E-state index contributed by atoms with van der Waals surface area (Å²) in [5, 5.41) is 0. The molecular weight excluding hydrogens is 331 g/mol. The van der Waals surface area contributed by atoms with E-state index in [1.165, 1.54) is 17.7 Å². The van der Waals surface area contributed by atoms with E-state index in [2.05, 4.69) is 0 Å². The Morgan fingerprint density at radius 3 is 2.38 bits per heavy atom. The minimum atomic E-state index is -0.194. The Hall–Kier alpha value is -1.91. The van der Waals surface area contributed by atoms with Gasteiger partial charge in [-0.15, -0.1) is 0 Å². The third-order valence-corrected chi connectivity index (χ3v) is 6.14. The van der Waals surface area contributed by atoms with Gasteiger partial charge in [0.25, 0.3) is 0 Å². The Morgan fingerprint density at radius 1 is 1.04 bits per heavy atom. The van der Waals surface area contributed by atoms with Crippen molar-refractivity contribution in [1.29, 1.82) is 0 Å². The second-order valence-corrected chi connectivity index (χ2v) is 8.11. The van der Waals surface area contributed by atoms with E-state index < -0.39 is 0 Å². The molecule has 26 heavy (non-hydrogen) atoms. The van der Waals surface area contributed by atoms with Gasteiger partial charge in [-0.3, -0.25) is 9.59 Å². The van der Waals surface area contributed by atoms with Gasteiger partial charge in [0.2, 0.25) is 11.8 Å². The average Bonchev–Trinajstić information content (AvgIpc) is 3.49.